The molecule has 1 aromatic heterocycles. The average Bonchev–Trinajstić information content (AvgIpc) is 3.04. The SMILES string of the molecule is Cc1cccc2c(C3CC3)c(C(=O)O)n(C)c12. The van der Waals surface area contributed by atoms with Crippen LogP contribution in [0.3, 0.4) is 0 Å². The van der Waals surface area contributed by atoms with Gasteiger partial charge in [0.05, 0.1) is 5.52 Å². The zero-order valence-electron chi connectivity index (χ0n) is 10.0. The summed E-state index contributed by atoms with van der Waals surface area (Å²) in [5, 5.41) is 10.5. The molecule has 1 N–H and O–H groups in total. The standard InChI is InChI=1S/C14H15NO2/c1-8-4-3-5-10-11(9-6-7-9)13(14(16)17)15(2)12(8)10/h3-5,9H,6-7H2,1-2H3,(H,16,17). The molecule has 1 aliphatic rings. The quantitative estimate of drug-likeness (QED) is 0.859. The fourth-order valence-corrected chi connectivity index (χ4v) is 2.79. The number of nitrogens with zero attached hydrogens (tertiary/aromatic N) is 1. The highest BCUT2D eigenvalue weighted by Crippen LogP contribution is 2.46. The molecular weight excluding hydrogens is 214 g/mol. The van der Waals surface area contributed by atoms with Crippen molar-refractivity contribution in [1.29, 1.82) is 0 Å². The van der Waals surface area contributed by atoms with Crippen LogP contribution in [0.25, 0.3) is 10.9 Å². The van der Waals surface area contributed by atoms with E-state index in [2.05, 4.69) is 0 Å². The maximum atomic E-state index is 11.4. The monoisotopic (exact) mass is 229 g/mol. The minimum Gasteiger partial charge on any atom is -0.477 e. The van der Waals surface area contributed by atoms with Gasteiger partial charge in [0.1, 0.15) is 5.69 Å². The Morgan fingerprint density at radius 1 is 1.41 bits per heavy atom. The van der Waals surface area contributed by atoms with Crippen molar-refractivity contribution >= 4 is 16.9 Å². The highest BCUT2D eigenvalue weighted by atomic mass is 16.4. The van der Waals surface area contributed by atoms with Crippen LogP contribution in [0.4, 0.5) is 0 Å². The van der Waals surface area contributed by atoms with Gasteiger partial charge in [-0.3, -0.25) is 0 Å². The van der Waals surface area contributed by atoms with E-state index in [4.69, 9.17) is 0 Å². The Morgan fingerprint density at radius 3 is 2.71 bits per heavy atom. The first kappa shape index (κ1) is 10.4. The number of aryl methyl sites for hydroxylation is 2. The van der Waals surface area contributed by atoms with Crippen LogP contribution >= 0.6 is 0 Å². The third-order valence-corrected chi connectivity index (χ3v) is 3.64. The number of aromatic nitrogens is 1. The van der Waals surface area contributed by atoms with Gasteiger partial charge in [-0.2, -0.15) is 0 Å². The van der Waals surface area contributed by atoms with Crippen LogP contribution in [0.1, 0.15) is 40.4 Å². The van der Waals surface area contributed by atoms with E-state index < -0.39 is 5.97 Å². The van der Waals surface area contributed by atoms with E-state index in [0.717, 1.165) is 34.9 Å². The number of fused-ring (bicyclic) bond motifs is 1. The highest BCUT2D eigenvalue weighted by Gasteiger charge is 2.33. The molecule has 0 atom stereocenters. The van der Waals surface area contributed by atoms with Gasteiger partial charge in [0.2, 0.25) is 0 Å². The van der Waals surface area contributed by atoms with Crippen LogP contribution in [0.15, 0.2) is 18.2 Å². The molecule has 2 aromatic rings. The zero-order valence-corrected chi connectivity index (χ0v) is 10.0. The Balaban J connectivity index is 2.45. The van der Waals surface area contributed by atoms with Crippen LogP contribution in [-0.4, -0.2) is 15.6 Å². The van der Waals surface area contributed by atoms with Crippen molar-refractivity contribution in [2.75, 3.05) is 0 Å². The molecule has 17 heavy (non-hydrogen) atoms. The summed E-state index contributed by atoms with van der Waals surface area (Å²) in [6, 6.07) is 6.09. The summed E-state index contributed by atoms with van der Waals surface area (Å²) in [5.41, 5.74) is 3.71. The second-order valence-electron chi connectivity index (χ2n) is 4.87. The van der Waals surface area contributed by atoms with Crippen molar-refractivity contribution < 1.29 is 9.90 Å². The molecule has 1 saturated carbocycles. The molecule has 3 rings (SSSR count). The van der Waals surface area contributed by atoms with Gasteiger partial charge in [-0.05, 0) is 36.8 Å². The lowest BCUT2D eigenvalue weighted by Crippen LogP contribution is -2.07. The molecule has 0 amide bonds. The van der Waals surface area contributed by atoms with Crippen LogP contribution in [0, 0.1) is 6.92 Å². The molecule has 0 spiro atoms. The molecule has 1 fully saturated rings. The van der Waals surface area contributed by atoms with Crippen LogP contribution in [0.2, 0.25) is 0 Å². The zero-order chi connectivity index (χ0) is 12.2. The Kier molecular flexibility index (Phi) is 2.05. The maximum Gasteiger partial charge on any atom is 0.352 e. The van der Waals surface area contributed by atoms with Gasteiger partial charge in [-0.1, -0.05) is 18.2 Å². The molecular formula is C14H15NO2. The van der Waals surface area contributed by atoms with Crippen molar-refractivity contribution in [2.45, 2.75) is 25.7 Å². The van der Waals surface area contributed by atoms with Gasteiger partial charge < -0.3 is 9.67 Å². The number of hydrogen-bond acceptors (Lipinski definition) is 1. The molecule has 0 radical (unpaired) electrons. The van der Waals surface area contributed by atoms with Crippen LogP contribution < -0.4 is 0 Å². The molecule has 88 valence electrons. The number of hydrogen-bond donors (Lipinski definition) is 1. The number of benzene rings is 1. The van der Waals surface area contributed by atoms with Crippen LogP contribution in [-0.2, 0) is 7.05 Å². The summed E-state index contributed by atoms with van der Waals surface area (Å²) in [6.45, 7) is 2.03. The van der Waals surface area contributed by atoms with Gasteiger partial charge in [0.15, 0.2) is 0 Å². The molecule has 1 heterocycles. The van der Waals surface area contributed by atoms with E-state index in [0.29, 0.717) is 11.6 Å². The molecule has 3 heteroatoms. The molecule has 1 aliphatic carbocycles. The largest absolute Gasteiger partial charge is 0.477 e. The van der Waals surface area contributed by atoms with Gasteiger partial charge in [0.25, 0.3) is 0 Å². The van der Waals surface area contributed by atoms with Gasteiger partial charge >= 0.3 is 5.97 Å². The van der Waals surface area contributed by atoms with E-state index in [1.165, 1.54) is 0 Å². The number of rotatable bonds is 2. The molecule has 0 saturated heterocycles. The number of para-hydroxylation sites is 1. The third-order valence-electron chi connectivity index (χ3n) is 3.64. The molecule has 0 bridgehead atoms. The van der Waals surface area contributed by atoms with Gasteiger partial charge in [-0.15, -0.1) is 0 Å². The summed E-state index contributed by atoms with van der Waals surface area (Å²) >= 11 is 0. The van der Waals surface area contributed by atoms with Crippen LogP contribution in [0.5, 0.6) is 0 Å². The second kappa shape index (κ2) is 3.36. The van der Waals surface area contributed by atoms with Gasteiger partial charge in [0, 0.05) is 12.4 Å². The van der Waals surface area contributed by atoms with Gasteiger partial charge in [-0.25, -0.2) is 4.79 Å². The number of carboxylic acid groups (broad SMARTS) is 1. The fourth-order valence-electron chi connectivity index (χ4n) is 2.79. The number of aromatic carboxylic acids is 1. The maximum absolute atomic E-state index is 11.4. The summed E-state index contributed by atoms with van der Waals surface area (Å²) in [4.78, 5) is 11.4. The van der Waals surface area contributed by atoms with Crippen molar-refractivity contribution in [2.24, 2.45) is 7.05 Å². The second-order valence-corrected chi connectivity index (χ2v) is 4.87. The first-order chi connectivity index (χ1) is 8.11. The topological polar surface area (TPSA) is 42.2 Å². The Hall–Kier alpha value is -1.77. The van der Waals surface area contributed by atoms with E-state index in [9.17, 15) is 9.90 Å². The summed E-state index contributed by atoms with van der Waals surface area (Å²) in [5.74, 6) is -0.364. The first-order valence-electron chi connectivity index (χ1n) is 5.92. The Morgan fingerprint density at radius 2 is 2.12 bits per heavy atom. The lowest BCUT2D eigenvalue weighted by Gasteiger charge is -2.02. The van der Waals surface area contributed by atoms with Crippen molar-refractivity contribution in [1.82, 2.24) is 4.57 Å². The Labute approximate surface area is 99.7 Å². The lowest BCUT2D eigenvalue weighted by atomic mass is 10.0. The van der Waals surface area contributed by atoms with Crippen molar-refractivity contribution in [3.63, 3.8) is 0 Å². The average molecular weight is 229 g/mol. The minimum atomic E-state index is -0.815. The highest BCUT2D eigenvalue weighted by molar-refractivity contribution is 5.99. The molecule has 0 unspecified atom stereocenters. The van der Waals surface area contributed by atoms with E-state index in [1.54, 1.807) is 0 Å². The predicted molar refractivity (Wildman–Crippen MR) is 66.6 cm³/mol. The molecule has 1 aromatic carbocycles. The number of carbonyl (C=O) groups is 1. The van der Waals surface area contributed by atoms with Crippen molar-refractivity contribution in [3.05, 3.63) is 35.0 Å². The normalized spacial score (nSPS) is 15.4. The summed E-state index contributed by atoms with van der Waals surface area (Å²) < 4.78 is 1.83. The fraction of sp³-hybridized carbons (Fsp3) is 0.357. The molecule has 0 aliphatic heterocycles. The van der Waals surface area contributed by atoms with E-state index >= 15 is 0 Å². The smallest absolute Gasteiger partial charge is 0.352 e. The van der Waals surface area contributed by atoms with E-state index in [1.807, 2.05) is 36.7 Å². The summed E-state index contributed by atoms with van der Waals surface area (Å²) in [6.07, 6.45) is 2.24. The Bertz CT molecular complexity index is 621. The number of carboxylic acids is 1. The third kappa shape index (κ3) is 1.38. The summed E-state index contributed by atoms with van der Waals surface area (Å²) in [7, 11) is 1.85. The van der Waals surface area contributed by atoms with E-state index in [-0.39, 0.29) is 0 Å². The molecule has 3 nitrogen and oxygen atoms in total. The lowest BCUT2D eigenvalue weighted by molar-refractivity contribution is 0.0685. The first-order valence-corrected chi connectivity index (χ1v) is 5.92. The minimum absolute atomic E-state index is 0.451. The predicted octanol–water partition coefficient (Wildman–Crippen LogP) is 3.06. The van der Waals surface area contributed by atoms with Crippen molar-refractivity contribution in [3.8, 4) is 0 Å².